The molecule has 0 unspecified atom stereocenters. The molecule has 1 rings (SSSR count). The maximum atomic E-state index is 5.10. The van der Waals surface area contributed by atoms with Gasteiger partial charge in [-0.15, -0.1) is 0 Å². The summed E-state index contributed by atoms with van der Waals surface area (Å²) in [6, 6.07) is 0. The Kier molecular flexibility index (Phi) is 2.21. The van der Waals surface area contributed by atoms with Crippen LogP contribution in [-0.2, 0) is 0 Å². The molecule has 1 fully saturated rings. The number of rotatable bonds is 1. The van der Waals surface area contributed by atoms with Crippen LogP contribution in [0, 0.1) is 0 Å². The van der Waals surface area contributed by atoms with E-state index in [9.17, 15) is 0 Å². The van der Waals surface area contributed by atoms with E-state index in [1.807, 2.05) is 11.9 Å². The molecule has 0 amide bonds. The number of thiocarbonyl (C=S) groups is 2. The lowest BCUT2D eigenvalue weighted by atomic mass is 10.6. The van der Waals surface area contributed by atoms with Gasteiger partial charge in [-0.3, -0.25) is 0 Å². The highest BCUT2D eigenvalue weighted by Crippen LogP contribution is 2.08. The summed E-state index contributed by atoms with van der Waals surface area (Å²) in [4.78, 5) is 4.89. The molecule has 0 N–H and O–H groups in total. The van der Waals surface area contributed by atoms with Gasteiger partial charge in [-0.25, -0.2) is 0 Å². The Morgan fingerprint density at radius 2 is 2.10 bits per heavy atom. The molecule has 1 saturated heterocycles. The molecule has 1 heterocycles. The van der Waals surface area contributed by atoms with E-state index >= 15 is 0 Å². The maximum Gasteiger partial charge on any atom is 0.176 e. The summed E-state index contributed by atoms with van der Waals surface area (Å²) in [6.45, 7) is 3.85. The zero-order chi connectivity index (χ0) is 7.72. The standard InChI is InChI=1S/C6H10N2S2/c1-3-8-4-5(9)7(2)6(8)10/h3-4H2,1-2H3. The molecule has 2 nitrogen and oxygen atoms in total. The molecular weight excluding hydrogens is 164 g/mol. The van der Waals surface area contributed by atoms with Gasteiger partial charge in [0.05, 0.1) is 6.54 Å². The average Bonchev–Trinajstić information content (AvgIpc) is 2.17. The lowest BCUT2D eigenvalue weighted by molar-refractivity contribution is 0.511. The summed E-state index contributed by atoms with van der Waals surface area (Å²) in [7, 11) is 1.92. The quantitative estimate of drug-likeness (QED) is 0.544. The summed E-state index contributed by atoms with van der Waals surface area (Å²) in [5, 5.41) is 0.854. The Hall–Kier alpha value is -0.220. The number of likely N-dealkylation sites (N-methyl/N-ethyl adjacent to an activating group) is 2. The van der Waals surface area contributed by atoms with Crippen molar-refractivity contribution < 1.29 is 0 Å². The molecule has 0 atom stereocenters. The predicted octanol–water partition coefficient (Wildman–Crippen LogP) is 0.866. The van der Waals surface area contributed by atoms with E-state index in [2.05, 4.69) is 11.8 Å². The van der Waals surface area contributed by atoms with Crippen molar-refractivity contribution in [2.75, 3.05) is 20.1 Å². The molecule has 0 aromatic heterocycles. The minimum atomic E-state index is 0.821. The van der Waals surface area contributed by atoms with Gasteiger partial charge in [-0.2, -0.15) is 0 Å². The third kappa shape index (κ3) is 1.13. The van der Waals surface area contributed by atoms with Crippen LogP contribution < -0.4 is 0 Å². The molecule has 0 aromatic carbocycles. The molecule has 0 radical (unpaired) electrons. The van der Waals surface area contributed by atoms with Crippen LogP contribution in [0.4, 0.5) is 0 Å². The predicted molar refractivity (Wildman–Crippen MR) is 50.2 cm³/mol. The van der Waals surface area contributed by atoms with Gasteiger partial charge in [0.25, 0.3) is 0 Å². The molecule has 56 valence electrons. The highest BCUT2D eigenvalue weighted by atomic mass is 32.1. The van der Waals surface area contributed by atoms with Gasteiger partial charge in [0, 0.05) is 13.6 Å². The molecule has 4 heteroatoms. The van der Waals surface area contributed by atoms with Crippen LogP contribution in [0.3, 0.4) is 0 Å². The first-order valence-electron chi connectivity index (χ1n) is 3.22. The topological polar surface area (TPSA) is 6.48 Å². The highest BCUT2D eigenvalue weighted by Gasteiger charge is 2.24. The van der Waals surface area contributed by atoms with E-state index in [1.54, 1.807) is 0 Å². The zero-order valence-electron chi connectivity index (χ0n) is 6.13. The van der Waals surface area contributed by atoms with Gasteiger partial charge in [0.15, 0.2) is 5.11 Å². The molecule has 0 spiro atoms. The van der Waals surface area contributed by atoms with Crippen molar-refractivity contribution in [1.82, 2.24) is 9.80 Å². The van der Waals surface area contributed by atoms with Crippen LogP contribution in [0.15, 0.2) is 0 Å². The van der Waals surface area contributed by atoms with E-state index in [4.69, 9.17) is 24.4 Å². The fourth-order valence-electron chi connectivity index (χ4n) is 0.903. The molecule has 0 bridgehead atoms. The first-order valence-corrected chi connectivity index (χ1v) is 4.04. The smallest absolute Gasteiger partial charge is 0.176 e. The minimum Gasteiger partial charge on any atom is -0.342 e. The Bertz CT molecular complexity index is 179. The van der Waals surface area contributed by atoms with Crippen molar-refractivity contribution >= 4 is 34.5 Å². The Morgan fingerprint density at radius 3 is 2.30 bits per heavy atom. The first kappa shape index (κ1) is 7.88. The van der Waals surface area contributed by atoms with Crippen LogP contribution in [0.2, 0.25) is 0 Å². The van der Waals surface area contributed by atoms with Crippen molar-refractivity contribution in [3.8, 4) is 0 Å². The molecule has 0 aromatic rings. The van der Waals surface area contributed by atoms with Crippen LogP contribution in [0.5, 0.6) is 0 Å². The number of hydrogen-bond donors (Lipinski definition) is 0. The van der Waals surface area contributed by atoms with Gasteiger partial charge < -0.3 is 9.80 Å². The third-order valence-corrected chi connectivity index (χ3v) is 2.57. The van der Waals surface area contributed by atoms with E-state index in [-0.39, 0.29) is 0 Å². The van der Waals surface area contributed by atoms with Crippen molar-refractivity contribution in [3.63, 3.8) is 0 Å². The Morgan fingerprint density at radius 1 is 1.50 bits per heavy atom. The fourth-order valence-corrected chi connectivity index (χ4v) is 1.51. The van der Waals surface area contributed by atoms with Crippen molar-refractivity contribution in [2.45, 2.75) is 6.92 Å². The largest absolute Gasteiger partial charge is 0.342 e. The lowest BCUT2D eigenvalue weighted by Crippen LogP contribution is -2.29. The van der Waals surface area contributed by atoms with Crippen LogP contribution in [-0.4, -0.2) is 40.0 Å². The Labute approximate surface area is 71.8 Å². The van der Waals surface area contributed by atoms with Crippen molar-refractivity contribution in [2.24, 2.45) is 0 Å². The third-order valence-electron chi connectivity index (χ3n) is 1.64. The van der Waals surface area contributed by atoms with Crippen LogP contribution >= 0.6 is 24.4 Å². The molecule has 0 aliphatic carbocycles. The summed E-state index contributed by atoms with van der Waals surface area (Å²) >= 11 is 10.2. The van der Waals surface area contributed by atoms with Gasteiger partial charge in [-0.05, 0) is 19.1 Å². The van der Waals surface area contributed by atoms with E-state index < -0.39 is 0 Å². The average molecular weight is 174 g/mol. The van der Waals surface area contributed by atoms with Gasteiger partial charge in [0.1, 0.15) is 4.99 Å². The fraction of sp³-hybridized carbons (Fsp3) is 0.667. The SMILES string of the molecule is CCN1CC(=S)N(C)C1=S. The van der Waals surface area contributed by atoms with E-state index in [0.29, 0.717) is 0 Å². The molecular formula is C6H10N2S2. The summed E-state index contributed by atoms with van der Waals surface area (Å²) in [5.74, 6) is 0. The number of hydrogen-bond acceptors (Lipinski definition) is 2. The van der Waals surface area contributed by atoms with Crippen LogP contribution in [0.25, 0.3) is 0 Å². The monoisotopic (exact) mass is 174 g/mol. The molecule has 10 heavy (non-hydrogen) atoms. The van der Waals surface area contributed by atoms with Crippen LogP contribution in [0.1, 0.15) is 6.92 Å². The van der Waals surface area contributed by atoms with Gasteiger partial charge >= 0.3 is 0 Å². The normalized spacial score (nSPS) is 19.0. The minimum absolute atomic E-state index is 0.821. The van der Waals surface area contributed by atoms with E-state index in [0.717, 1.165) is 23.2 Å². The molecule has 0 saturated carbocycles. The maximum absolute atomic E-state index is 5.10. The second kappa shape index (κ2) is 2.80. The molecule has 1 aliphatic rings. The van der Waals surface area contributed by atoms with Crippen molar-refractivity contribution in [1.29, 1.82) is 0 Å². The van der Waals surface area contributed by atoms with Gasteiger partial charge in [0.2, 0.25) is 0 Å². The second-order valence-electron chi connectivity index (χ2n) is 2.25. The summed E-state index contributed by atoms with van der Waals surface area (Å²) in [5.41, 5.74) is 0. The summed E-state index contributed by atoms with van der Waals surface area (Å²) in [6.07, 6.45) is 0. The van der Waals surface area contributed by atoms with E-state index in [1.165, 1.54) is 0 Å². The first-order chi connectivity index (χ1) is 4.66. The van der Waals surface area contributed by atoms with Gasteiger partial charge in [-0.1, -0.05) is 12.2 Å². The van der Waals surface area contributed by atoms with Crippen molar-refractivity contribution in [3.05, 3.63) is 0 Å². The Balaban J connectivity index is 2.71. The molecule has 1 aliphatic heterocycles. The highest BCUT2D eigenvalue weighted by molar-refractivity contribution is 7.82. The summed E-state index contributed by atoms with van der Waals surface area (Å²) < 4.78 is 0. The zero-order valence-corrected chi connectivity index (χ0v) is 7.76. The lowest BCUT2D eigenvalue weighted by Gasteiger charge is -2.14. The second-order valence-corrected chi connectivity index (χ2v) is 3.09. The number of nitrogens with zero attached hydrogens (tertiary/aromatic N) is 2.